The smallest absolute Gasteiger partial charge is 0.145 e. The van der Waals surface area contributed by atoms with Gasteiger partial charge in [-0.1, -0.05) is 343 Å². The first-order chi connectivity index (χ1) is 57.7. The highest BCUT2D eigenvalue weighted by Gasteiger charge is 2.38. The summed E-state index contributed by atoms with van der Waals surface area (Å²) in [6.45, 7) is 49.1. The van der Waals surface area contributed by atoms with Gasteiger partial charge in [-0.15, -0.1) is 0 Å². The average molecular weight is 1540 g/mol. The highest BCUT2D eigenvalue weighted by molar-refractivity contribution is 6.25. The summed E-state index contributed by atoms with van der Waals surface area (Å²) in [5, 5.41) is 11.8. The van der Waals surface area contributed by atoms with Crippen molar-refractivity contribution in [1.29, 1.82) is 0 Å². The van der Waals surface area contributed by atoms with Crippen LogP contribution in [-0.2, 0) is 38.5 Å². The molecule has 24 rings (SSSR count). The molecule has 0 atom stereocenters. The lowest BCUT2D eigenvalue weighted by Crippen LogP contribution is -2.01. The van der Waals surface area contributed by atoms with Crippen LogP contribution in [0, 0.1) is 41.5 Å². The zero-order valence-electron chi connectivity index (χ0n) is 74.2. The van der Waals surface area contributed by atoms with E-state index in [0.717, 1.165) is 72.5 Å². The third-order valence-corrected chi connectivity index (χ3v) is 24.0. The van der Waals surface area contributed by atoms with Crippen molar-refractivity contribution in [3.63, 3.8) is 0 Å². The summed E-state index contributed by atoms with van der Waals surface area (Å²) in [6.07, 6.45) is 6.01. The number of hydrogen-bond acceptors (Lipinski definition) is 3. The van der Waals surface area contributed by atoms with E-state index in [0.29, 0.717) is 0 Å². The van der Waals surface area contributed by atoms with E-state index in [1.165, 1.54) is 216 Å². The minimum absolute atomic E-state index is 0.982. The van der Waals surface area contributed by atoms with Crippen LogP contribution in [0.1, 0.15) is 226 Å². The van der Waals surface area contributed by atoms with Crippen LogP contribution in [0.4, 0.5) is 0 Å². The normalized spacial score (nSPS) is 11.9. The fourth-order valence-electron chi connectivity index (χ4n) is 19.5. The van der Waals surface area contributed by atoms with E-state index in [1.807, 2.05) is 125 Å². The lowest BCUT2D eigenvalue weighted by atomic mass is 9.89. The highest BCUT2D eigenvalue weighted by atomic mass is 15.0. The van der Waals surface area contributed by atoms with Gasteiger partial charge < -0.3 is 0 Å². The van der Waals surface area contributed by atoms with Crippen molar-refractivity contribution in [1.82, 2.24) is 28.2 Å². The average Bonchev–Trinajstić information content (AvgIpc) is 1.55. The molecule has 6 nitrogen and oxygen atoms in total. The Labute approximate surface area is 696 Å². The highest BCUT2D eigenvalue weighted by Crippen LogP contribution is 2.58. The maximum absolute atomic E-state index is 5.07. The van der Waals surface area contributed by atoms with E-state index in [2.05, 4.69) is 273 Å². The predicted molar refractivity (Wildman–Crippen MR) is 511 cm³/mol. The summed E-state index contributed by atoms with van der Waals surface area (Å²) < 4.78 is 7.37. The molecule has 0 fully saturated rings. The fraction of sp³-hybridized carbons (Fsp3) is 0.270. The number of aromatic nitrogens is 6. The Morgan fingerprint density at radius 1 is 0.197 bits per heavy atom. The zero-order chi connectivity index (χ0) is 83.5. The Kier molecular flexibility index (Phi) is 25.2. The van der Waals surface area contributed by atoms with Gasteiger partial charge in [0.2, 0.25) is 0 Å². The molecule has 0 unspecified atom stereocenters. The molecule has 0 spiro atoms. The minimum Gasteiger partial charge on any atom is -0.296 e. The number of nitrogens with zero attached hydrogens (tertiary/aromatic N) is 6. The number of fused-ring (bicyclic) bond motifs is 45. The number of pyridine rings is 3. The maximum atomic E-state index is 5.07. The van der Waals surface area contributed by atoms with E-state index in [1.54, 1.807) is 0 Å². The molecule has 117 heavy (non-hydrogen) atoms. The standard InChI is InChI=1S/3C31H22N2.9C2H6/c1-17-18(2)33-30-26-16-20-10-3-5-11-21(20)27(26)25-15-19-9-4-6-12-22(19)28(25)29(30)23-13-7-8-14-24(23)31(33)32-17;1-17-18(2)33-30-28-22-12-6-4-10-20(22)16-25(28)27-21-11-5-3-9-19(21)15-26(27)29(30)23-13-7-8-14-24(23)31(33)32-17;1-17-18(2)33-30-28-22-12-6-4-10-20(22)16-26(28)25-15-19-9-3-5-11-21(19)27(25)29(30)23-13-7-8-14-24(23)31(33)32-17;9*1-2/h3*3-14H,15-16H2,1-2H3;9*1-2H3. The Balaban J connectivity index is 0.000000139. The van der Waals surface area contributed by atoms with Crippen LogP contribution in [-0.4, -0.2) is 28.2 Å². The number of hydrogen-bond donors (Lipinski definition) is 0. The van der Waals surface area contributed by atoms with E-state index < -0.39 is 0 Å². The molecule has 0 saturated carbocycles. The Morgan fingerprint density at radius 3 is 0.769 bits per heavy atom. The first kappa shape index (κ1) is 83.2. The van der Waals surface area contributed by atoms with Crippen molar-refractivity contribution in [3.05, 3.63) is 319 Å². The van der Waals surface area contributed by atoms with Crippen molar-refractivity contribution in [2.75, 3.05) is 0 Å². The Morgan fingerprint density at radius 2 is 0.410 bits per heavy atom. The van der Waals surface area contributed by atoms with Gasteiger partial charge in [0.15, 0.2) is 0 Å². The molecular weight excluding hydrogens is 1420 g/mol. The van der Waals surface area contributed by atoms with E-state index in [9.17, 15) is 0 Å². The molecule has 18 aromatic rings. The molecule has 6 aliphatic rings. The SMILES string of the molecule is CC.CC.CC.CC.CC.CC.CC.CC.CC.Cc1nc2c3ccccc3c3c4c(c5c(c3n2c1C)-c1ccccc1C5)-c1ccccc1C4.Cc1nc2c3ccccc3c3c4c(c5c(c3n2c1C)-c1ccccc1C5)Cc1ccccc1-4.Cc1nc2c3ccccc3c3c4c(c5c(c3n2c1C)Cc1ccccc1-5)Cc1ccccc1-4. The molecule has 6 aliphatic carbocycles. The lowest BCUT2D eigenvalue weighted by molar-refractivity contribution is 1.12. The zero-order valence-corrected chi connectivity index (χ0v) is 74.2. The van der Waals surface area contributed by atoms with E-state index in [-0.39, 0.29) is 0 Å². The number of benzene rings is 12. The van der Waals surface area contributed by atoms with Gasteiger partial charge in [0.25, 0.3) is 0 Å². The van der Waals surface area contributed by atoms with E-state index in [4.69, 9.17) is 15.0 Å². The van der Waals surface area contributed by atoms with Crippen LogP contribution >= 0.6 is 0 Å². The van der Waals surface area contributed by atoms with Gasteiger partial charge in [-0.3, -0.25) is 13.2 Å². The third-order valence-electron chi connectivity index (χ3n) is 24.0. The second-order valence-electron chi connectivity index (χ2n) is 28.8. The third kappa shape index (κ3) is 12.9. The monoisotopic (exact) mass is 1540 g/mol. The van der Waals surface area contributed by atoms with Gasteiger partial charge >= 0.3 is 0 Å². The molecule has 0 aliphatic heterocycles. The molecule has 0 N–H and O–H groups in total. The quantitative estimate of drug-likeness (QED) is 0.142. The largest absolute Gasteiger partial charge is 0.296 e. The van der Waals surface area contributed by atoms with Crippen molar-refractivity contribution in [2.45, 2.75) is 205 Å². The predicted octanol–water partition coefficient (Wildman–Crippen LogP) is 31.4. The maximum Gasteiger partial charge on any atom is 0.145 e. The topological polar surface area (TPSA) is 51.9 Å². The van der Waals surface area contributed by atoms with E-state index >= 15 is 0 Å². The minimum atomic E-state index is 0.982. The summed E-state index contributed by atoms with van der Waals surface area (Å²) in [5.74, 6) is 0. The molecule has 6 heteroatoms. The second-order valence-corrected chi connectivity index (χ2v) is 28.8. The molecule has 0 radical (unpaired) electrons. The van der Waals surface area contributed by atoms with Crippen LogP contribution in [0.3, 0.4) is 0 Å². The lowest BCUT2D eigenvalue weighted by Gasteiger charge is -2.19. The molecule has 6 aromatic heterocycles. The van der Waals surface area contributed by atoms with Gasteiger partial charge in [0, 0.05) is 66.9 Å². The molecule has 6 heterocycles. The molecule has 0 saturated heterocycles. The van der Waals surface area contributed by atoms with Crippen LogP contribution in [0.15, 0.2) is 218 Å². The number of imidazole rings is 3. The number of rotatable bonds is 0. The molecular formula is C111H120N6. The molecule has 12 aromatic carbocycles. The van der Waals surface area contributed by atoms with Crippen molar-refractivity contribution in [3.8, 4) is 66.8 Å². The molecule has 0 amide bonds. The van der Waals surface area contributed by atoms with Gasteiger partial charge in [0.05, 0.1) is 33.6 Å². The van der Waals surface area contributed by atoms with Gasteiger partial charge in [-0.05, 0) is 212 Å². The van der Waals surface area contributed by atoms with Crippen LogP contribution in [0.2, 0.25) is 0 Å². The van der Waals surface area contributed by atoms with Crippen LogP contribution in [0.5, 0.6) is 0 Å². The summed E-state index contributed by atoms with van der Waals surface area (Å²) in [5.41, 5.74) is 48.9. The summed E-state index contributed by atoms with van der Waals surface area (Å²) >= 11 is 0. The fourth-order valence-corrected chi connectivity index (χ4v) is 19.5. The summed E-state index contributed by atoms with van der Waals surface area (Å²) in [6, 6.07) is 80.5. The molecule has 594 valence electrons. The Hall–Kier alpha value is -11.7. The first-order valence-electron chi connectivity index (χ1n) is 44.3. The molecule has 0 bridgehead atoms. The number of aryl methyl sites for hydroxylation is 6. The van der Waals surface area contributed by atoms with Gasteiger partial charge in [-0.2, -0.15) is 0 Å². The van der Waals surface area contributed by atoms with Crippen LogP contribution < -0.4 is 0 Å². The van der Waals surface area contributed by atoms with Gasteiger partial charge in [0.1, 0.15) is 16.9 Å². The summed E-state index contributed by atoms with van der Waals surface area (Å²) in [7, 11) is 0. The second kappa shape index (κ2) is 35.4. The van der Waals surface area contributed by atoms with Crippen molar-refractivity contribution in [2.24, 2.45) is 0 Å². The van der Waals surface area contributed by atoms with Crippen molar-refractivity contribution < 1.29 is 0 Å². The van der Waals surface area contributed by atoms with Gasteiger partial charge in [-0.25, -0.2) is 15.0 Å². The summed E-state index contributed by atoms with van der Waals surface area (Å²) in [4.78, 5) is 15.2. The Bertz CT molecular complexity index is 6800. The first-order valence-corrected chi connectivity index (χ1v) is 44.3. The van der Waals surface area contributed by atoms with Crippen LogP contribution in [0.25, 0.3) is 149 Å². The van der Waals surface area contributed by atoms with Crippen molar-refractivity contribution >= 4 is 82.0 Å².